The molecule has 0 aliphatic carbocycles. The van der Waals surface area contributed by atoms with Gasteiger partial charge in [0.05, 0.1) is 11.0 Å². The molecule has 2 aromatic carbocycles. The molecule has 3 aromatic rings. The van der Waals surface area contributed by atoms with Crippen LogP contribution in [0.25, 0.3) is 16.7 Å². The van der Waals surface area contributed by atoms with E-state index in [1.165, 1.54) is 5.56 Å². The van der Waals surface area contributed by atoms with Crippen molar-refractivity contribution in [1.82, 2.24) is 9.55 Å². The molecule has 21 heavy (non-hydrogen) atoms. The van der Waals surface area contributed by atoms with Gasteiger partial charge in [-0.05, 0) is 55.3 Å². The van der Waals surface area contributed by atoms with Gasteiger partial charge >= 0.3 is 6.03 Å². The lowest BCUT2D eigenvalue weighted by Crippen LogP contribution is -2.19. The van der Waals surface area contributed by atoms with Gasteiger partial charge in [-0.25, -0.2) is 9.78 Å². The number of hydrogen-bond acceptors (Lipinski definition) is 2. The number of rotatable bonds is 2. The third-order valence-corrected chi connectivity index (χ3v) is 3.31. The SMILES string of the molecule is Cc1cc(NC(N)=O)cc(-n2cnc3cc(C)ccc32)c1. The number of carbonyl (C=O) groups excluding carboxylic acids is 1. The summed E-state index contributed by atoms with van der Waals surface area (Å²) in [6, 6.07) is 11.4. The Balaban J connectivity index is 2.13. The molecule has 0 radical (unpaired) electrons. The number of primary amides is 1. The highest BCUT2D eigenvalue weighted by molar-refractivity contribution is 5.88. The molecule has 0 saturated heterocycles. The third kappa shape index (κ3) is 2.58. The minimum Gasteiger partial charge on any atom is -0.351 e. The molecule has 0 aliphatic heterocycles. The van der Waals surface area contributed by atoms with Crippen molar-refractivity contribution < 1.29 is 4.79 Å². The Bertz CT molecular complexity index is 835. The van der Waals surface area contributed by atoms with Crippen molar-refractivity contribution in [2.45, 2.75) is 13.8 Å². The van der Waals surface area contributed by atoms with E-state index in [-0.39, 0.29) is 0 Å². The van der Waals surface area contributed by atoms with Gasteiger partial charge in [0.2, 0.25) is 0 Å². The number of benzene rings is 2. The van der Waals surface area contributed by atoms with Crippen LogP contribution in [-0.2, 0) is 0 Å². The number of anilines is 1. The lowest BCUT2D eigenvalue weighted by atomic mass is 10.1. The lowest BCUT2D eigenvalue weighted by molar-refractivity contribution is 0.259. The van der Waals surface area contributed by atoms with Gasteiger partial charge in [0.15, 0.2) is 0 Å². The number of hydrogen-bond donors (Lipinski definition) is 2. The van der Waals surface area contributed by atoms with E-state index in [1.54, 1.807) is 6.33 Å². The van der Waals surface area contributed by atoms with Crippen molar-refractivity contribution in [3.63, 3.8) is 0 Å². The summed E-state index contributed by atoms with van der Waals surface area (Å²) < 4.78 is 1.99. The van der Waals surface area contributed by atoms with E-state index in [1.807, 2.05) is 48.7 Å². The van der Waals surface area contributed by atoms with Crippen LogP contribution in [-0.4, -0.2) is 15.6 Å². The summed E-state index contributed by atoms with van der Waals surface area (Å²) in [6.45, 7) is 4.01. The Labute approximate surface area is 122 Å². The number of nitrogens with one attached hydrogen (secondary N) is 1. The molecule has 2 amide bonds. The van der Waals surface area contributed by atoms with Crippen molar-refractivity contribution >= 4 is 22.8 Å². The third-order valence-electron chi connectivity index (χ3n) is 3.31. The second kappa shape index (κ2) is 4.94. The zero-order chi connectivity index (χ0) is 15.0. The smallest absolute Gasteiger partial charge is 0.316 e. The molecule has 5 heteroatoms. The lowest BCUT2D eigenvalue weighted by Gasteiger charge is -2.09. The molecule has 0 bridgehead atoms. The molecule has 0 spiro atoms. The highest BCUT2D eigenvalue weighted by Gasteiger charge is 2.07. The first-order valence-corrected chi connectivity index (χ1v) is 6.65. The van der Waals surface area contributed by atoms with Crippen LogP contribution in [0.4, 0.5) is 10.5 Å². The molecular weight excluding hydrogens is 264 g/mol. The van der Waals surface area contributed by atoms with Crippen LogP contribution in [0.15, 0.2) is 42.7 Å². The Kier molecular flexibility index (Phi) is 3.10. The quantitative estimate of drug-likeness (QED) is 0.757. The summed E-state index contributed by atoms with van der Waals surface area (Å²) in [5, 5.41) is 2.61. The van der Waals surface area contributed by atoms with Gasteiger partial charge in [-0.1, -0.05) is 6.07 Å². The van der Waals surface area contributed by atoms with E-state index in [4.69, 9.17) is 5.73 Å². The predicted molar refractivity (Wildman–Crippen MR) is 83.8 cm³/mol. The molecule has 3 N–H and O–H groups in total. The fraction of sp³-hybridized carbons (Fsp3) is 0.125. The summed E-state index contributed by atoms with van der Waals surface area (Å²) in [5.41, 5.74) is 11.0. The number of nitrogens with zero attached hydrogens (tertiary/aromatic N) is 2. The summed E-state index contributed by atoms with van der Waals surface area (Å²) >= 11 is 0. The van der Waals surface area contributed by atoms with Gasteiger partial charge in [0, 0.05) is 11.4 Å². The summed E-state index contributed by atoms with van der Waals surface area (Å²) in [5.74, 6) is 0. The number of fused-ring (bicyclic) bond motifs is 1. The minimum atomic E-state index is -0.572. The van der Waals surface area contributed by atoms with Gasteiger partial charge in [-0.2, -0.15) is 0 Å². The normalized spacial score (nSPS) is 10.8. The number of aryl methyl sites for hydroxylation is 2. The standard InChI is InChI=1S/C16H16N4O/c1-10-3-4-15-14(7-10)18-9-20(15)13-6-11(2)5-12(8-13)19-16(17)21/h3-9H,1-2H3,(H3,17,19,21). The van der Waals surface area contributed by atoms with Gasteiger partial charge in [0.25, 0.3) is 0 Å². The van der Waals surface area contributed by atoms with Gasteiger partial charge in [-0.15, -0.1) is 0 Å². The van der Waals surface area contributed by atoms with Crippen LogP contribution in [0, 0.1) is 13.8 Å². The molecular formula is C16H16N4O. The summed E-state index contributed by atoms with van der Waals surface area (Å²) in [7, 11) is 0. The molecule has 106 valence electrons. The molecule has 0 unspecified atom stereocenters. The summed E-state index contributed by atoms with van der Waals surface area (Å²) in [4.78, 5) is 15.4. The van der Waals surface area contributed by atoms with E-state index < -0.39 is 6.03 Å². The number of amides is 2. The first-order chi connectivity index (χ1) is 10.0. The van der Waals surface area contributed by atoms with Gasteiger partial charge in [-0.3, -0.25) is 4.57 Å². The first-order valence-electron chi connectivity index (χ1n) is 6.65. The Morgan fingerprint density at radius 2 is 1.95 bits per heavy atom. The van der Waals surface area contributed by atoms with Crippen molar-refractivity contribution in [3.05, 3.63) is 53.9 Å². The Morgan fingerprint density at radius 3 is 2.71 bits per heavy atom. The van der Waals surface area contributed by atoms with Crippen molar-refractivity contribution in [2.75, 3.05) is 5.32 Å². The highest BCUT2D eigenvalue weighted by Crippen LogP contribution is 2.23. The van der Waals surface area contributed by atoms with Gasteiger partial charge < -0.3 is 11.1 Å². The van der Waals surface area contributed by atoms with Gasteiger partial charge in [0.1, 0.15) is 6.33 Å². The van der Waals surface area contributed by atoms with Crippen LogP contribution >= 0.6 is 0 Å². The van der Waals surface area contributed by atoms with Crippen molar-refractivity contribution in [3.8, 4) is 5.69 Å². The van der Waals surface area contributed by atoms with E-state index in [0.717, 1.165) is 22.3 Å². The second-order valence-corrected chi connectivity index (χ2v) is 5.15. The highest BCUT2D eigenvalue weighted by atomic mass is 16.2. The van der Waals surface area contributed by atoms with Crippen LogP contribution in [0.2, 0.25) is 0 Å². The zero-order valence-corrected chi connectivity index (χ0v) is 11.9. The average molecular weight is 280 g/mol. The van der Waals surface area contributed by atoms with E-state index in [2.05, 4.69) is 16.4 Å². The van der Waals surface area contributed by atoms with Crippen LogP contribution in [0.1, 0.15) is 11.1 Å². The predicted octanol–water partition coefficient (Wildman–Crippen LogP) is 3.13. The largest absolute Gasteiger partial charge is 0.351 e. The molecule has 1 aromatic heterocycles. The Hall–Kier alpha value is -2.82. The minimum absolute atomic E-state index is 0.572. The zero-order valence-electron chi connectivity index (χ0n) is 11.9. The van der Waals surface area contributed by atoms with Crippen LogP contribution < -0.4 is 11.1 Å². The molecule has 0 atom stereocenters. The monoisotopic (exact) mass is 280 g/mol. The first kappa shape index (κ1) is 13.2. The van der Waals surface area contributed by atoms with E-state index in [0.29, 0.717) is 5.69 Å². The maximum Gasteiger partial charge on any atom is 0.316 e. The van der Waals surface area contributed by atoms with Crippen molar-refractivity contribution in [1.29, 1.82) is 0 Å². The van der Waals surface area contributed by atoms with Crippen molar-refractivity contribution in [2.24, 2.45) is 5.73 Å². The maximum absolute atomic E-state index is 11.0. The molecule has 0 saturated carbocycles. The second-order valence-electron chi connectivity index (χ2n) is 5.15. The average Bonchev–Trinajstić information content (AvgIpc) is 2.79. The number of carbonyl (C=O) groups is 1. The fourth-order valence-electron chi connectivity index (χ4n) is 2.44. The fourth-order valence-corrected chi connectivity index (χ4v) is 2.44. The number of urea groups is 1. The molecule has 5 nitrogen and oxygen atoms in total. The Morgan fingerprint density at radius 1 is 1.14 bits per heavy atom. The molecule has 1 heterocycles. The van der Waals surface area contributed by atoms with Crippen LogP contribution in [0.5, 0.6) is 0 Å². The van der Waals surface area contributed by atoms with Crippen LogP contribution in [0.3, 0.4) is 0 Å². The topological polar surface area (TPSA) is 72.9 Å². The summed E-state index contributed by atoms with van der Waals surface area (Å²) in [6.07, 6.45) is 1.78. The molecule has 3 rings (SSSR count). The molecule has 0 fully saturated rings. The number of aromatic nitrogens is 2. The van der Waals surface area contributed by atoms with E-state index >= 15 is 0 Å². The maximum atomic E-state index is 11.0. The number of nitrogens with two attached hydrogens (primary N) is 1. The number of imidazole rings is 1. The molecule has 0 aliphatic rings. The van der Waals surface area contributed by atoms with E-state index in [9.17, 15) is 4.79 Å².